The normalized spacial score (nSPS) is 14.4. The smallest absolute Gasteiger partial charge is 0.270 e. The van der Waals surface area contributed by atoms with Gasteiger partial charge >= 0.3 is 0 Å². The average Bonchev–Trinajstić information content (AvgIpc) is 3.08. The number of aromatic nitrogens is 1. The zero-order valence-corrected chi connectivity index (χ0v) is 13.7. The number of hydrogen-bond donors (Lipinski definition) is 2. The van der Waals surface area contributed by atoms with Crippen LogP contribution in [0.25, 0.3) is 0 Å². The number of anilines is 2. The Bertz CT molecular complexity index is 752. The first kappa shape index (κ1) is 16.2. The van der Waals surface area contributed by atoms with Crippen LogP contribution in [0.1, 0.15) is 53.5 Å². The van der Waals surface area contributed by atoms with Crippen LogP contribution in [0.5, 0.6) is 0 Å². The van der Waals surface area contributed by atoms with Gasteiger partial charge in [0.1, 0.15) is 5.69 Å². The maximum absolute atomic E-state index is 12.3. The molecular formula is C19H21N3O2. The molecule has 2 N–H and O–H groups in total. The summed E-state index contributed by atoms with van der Waals surface area (Å²) in [5.41, 5.74) is 2.61. The van der Waals surface area contributed by atoms with E-state index in [1.807, 2.05) is 12.1 Å². The highest BCUT2D eigenvalue weighted by molar-refractivity contribution is 5.95. The van der Waals surface area contributed by atoms with Crippen molar-refractivity contribution in [2.75, 3.05) is 5.32 Å². The number of carbonyl (C=O) groups excluding carboxylic acids is 2. The molecule has 0 bridgehead atoms. The second kappa shape index (κ2) is 7.25. The van der Waals surface area contributed by atoms with Crippen LogP contribution in [0.15, 0.2) is 42.6 Å². The van der Waals surface area contributed by atoms with Crippen molar-refractivity contribution >= 4 is 23.1 Å². The van der Waals surface area contributed by atoms with E-state index in [1.54, 1.807) is 30.5 Å². The molecule has 1 amide bonds. The maximum Gasteiger partial charge on any atom is 0.270 e. The molecule has 0 spiro atoms. The highest BCUT2D eigenvalue weighted by Gasteiger charge is 2.18. The van der Waals surface area contributed by atoms with Gasteiger partial charge in [-0.05, 0) is 44.0 Å². The molecule has 3 rings (SSSR count). The summed E-state index contributed by atoms with van der Waals surface area (Å²) >= 11 is 0. The number of carbonyl (C=O) groups is 2. The summed E-state index contributed by atoms with van der Waals surface area (Å²) in [4.78, 5) is 27.9. The van der Waals surface area contributed by atoms with Gasteiger partial charge in [0.05, 0.1) is 0 Å². The quantitative estimate of drug-likeness (QED) is 0.823. The number of benzene rings is 1. The fourth-order valence-electron chi connectivity index (χ4n) is 2.94. The second-order valence-corrected chi connectivity index (χ2v) is 6.15. The predicted molar refractivity (Wildman–Crippen MR) is 93.7 cm³/mol. The lowest BCUT2D eigenvalue weighted by Crippen LogP contribution is -2.33. The van der Waals surface area contributed by atoms with Gasteiger partial charge in [-0.25, -0.2) is 0 Å². The molecule has 1 saturated carbocycles. The van der Waals surface area contributed by atoms with Gasteiger partial charge in [-0.3, -0.25) is 14.6 Å². The molecule has 0 unspecified atom stereocenters. The van der Waals surface area contributed by atoms with Crippen molar-refractivity contribution in [1.29, 1.82) is 0 Å². The number of amides is 1. The SMILES string of the molecule is CC(=O)c1cccc(Nc2ccnc(C(=O)NC3CCCC3)c2)c1. The number of nitrogens with one attached hydrogen (secondary N) is 2. The molecule has 0 saturated heterocycles. The predicted octanol–water partition coefficient (Wildman–Crippen LogP) is 3.70. The number of Topliss-reactive ketones (excluding diaryl/α,β-unsaturated/α-hetero) is 1. The lowest BCUT2D eigenvalue weighted by molar-refractivity contribution is 0.0932. The molecule has 1 aromatic heterocycles. The monoisotopic (exact) mass is 323 g/mol. The third-order valence-corrected chi connectivity index (χ3v) is 4.24. The lowest BCUT2D eigenvalue weighted by Gasteiger charge is -2.12. The highest BCUT2D eigenvalue weighted by Crippen LogP contribution is 2.20. The van der Waals surface area contributed by atoms with Crippen molar-refractivity contribution in [2.24, 2.45) is 0 Å². The van der Waals surface area contributed by atoms with E-state index in [2.05, 4.69) is 15.6 Å². The molecule has 0 atom stereocenters. The first-order valence-corrected chi connectivity index (χ1v) is 8.27. The Hall–Kier alpha value is -2.69. The second-order valence-electron chi connectivity index (χ2n) is 6.15. The topological polar surface area (TPSA) is 71.1 Å². The van der Waals surface area contributed by atoms with E-state index in [9.17, 15) is 9.59 Å². The van der Waals surface area contributed by atoms with E-state index in [1.165, 1.54) is 19.8 Å². The zero-order chi connectivity index (χ0) is 16.9. The van der Waals surface area contributed by atoms with Crippen LogP contribution in [0.2, 0.25) is 0 Å². The third kappa shape index (κ3) is 3.98. The minimum absolute atomic E-state index is 0.0185. The van der Waals surface area contributed by atoms with E-state index < -0.39 is 0 Å². The van der Waals surface area contributed by atoms with Crippen LogP contribution in [0, 0.1) is 0 Å². The molecule has 0 aliphatic heterocycles. The summed E-state index contributed by atoms with van der Waals surface area (Å²) in [6.07, 6.45) is 6.04. The standard InChI is InChI=1S/C19H21N3O2/c1-13(23)14-5-4-8-16(11-14)21-17-9-10-20-18(12-17)19(24)22-15-6-2-3-7-15/h4-5,8-12,15H,2-3,6-7H2,1H3,(H,20,21)(H,22,24). The van der Waals surface area contributed by atoms with Crippen molar-refractivity contribution < 1.29 is 9.59 Å². The first-order chi connectivity index (χ1) is 11.6. The maximum atomic E-state index is 12.3. The van der Waals surface area contributed by atoms with E-state index in [4.69, 9.17) is 0 Å². The Morgan fingerprint density at radius 2 is 1.83 bits per heavy atom. The van der Waals surface area contributed by atoms with Crippen LogP contribution in [0.4, 0.5) is 11.4 Å². The molecule has 124 valence electrons. The van der Waals surface area contributed by atoms with Crippen molar-refractivity contribution in [3.63, 3.8) is 0 Å². The van der Waals surface area contributed by atoms with Gasteiger partial charge in [-0.15, -0.1) is 0 Å². The molecule has 5 heteroatoms. The van der Waals surface area contributed by atoms with Gasteiger partial charge in [0.2, 0.25) is 0 Å². The van der Waals surface area contributed by atoms with Crippen molar-refractivity contribution in [2.45, 2.75) is 38.6 Å². The fourth-order valence-corrected chi connectivity index (χ4v) is 2.94. The fraction of sp³-hybridized carbons (Fsp3) is 0.316. The largest absolute Gasteiger partial charge is 0.355 e. The Balaban J connectivity index is 1.71. The minimum Gasteiger partial charge on any atom is -0.355 e. The molecule has 1 aliphatic rings. The molecular weight excluding hydrogens is 302 g/mol. The summed E-state index contributed by atoms with van der Waals surface area (Å²) in [5, 5.41) is 6.25. The van der Waals surface area contributed by atoms with Crippen LogP contribution in [0.3, 0.4) is 0 Å². The van der Waals surface area contributed by atoms with Crippen LogP contribution in [-0.2, 0) is 0 Å². The molecule has 1 aromatic carbocycles. The number of pyridine rings is 1. The first-order valence-electron chi connectivity index (χ1n) is 8.27. The molecule has 24 heavy (non-hydrogen) atoms. The lowest BCUT2D eigenvalue weighted by atomic mass is 10.1. The molecule has 1 fully saturated rings. The summed E-state index contributed by atoms with van der Waals surface area (Å²) in [6, 6.07) is 11.1. The Kier molecular flexibility index (Phi) is 4.89. The summed E-state index contributed by atoms with van der Waals surface area (Å²) < 4.78 is 0. The van der Waals surface area contributed by atoms with Crippen molar-refractivity contribution in [1.82, 2.24) is 10.3 Å². The van der Waals surface area contributed by atoms with Crippen molar-refractivity contribution in [3.05, 3.63) is 53.9 Å². The molecule has 2 aromatic rings. The number of ketones is 1. The molecule has 1 heterocycles. The molecule has 5 nitrogen and oxygen atoms in total. The Morgan fingerprint density at radius 1 is 1.08 bits per heavy atom. The van der Waals surface area contributed by atoms with Crippen LogP contribution in [-0.4, -0.2) is 22.7 Å². The Morgan fingerprint density at radius 3 is 2.58 bits per heavy atom. The zero-order valence-electron chi connectivity index (χ0n) is 13.7. The number of hydrogen-bond acceptors (Lipinski definition) is 4. The van der Waals surface area contributed by atoms with Gasteiger partial charge in [0, 0.05) is 29.2 Å². The summed E-state index contributed by atoms with van der Waals surface area (Å²) in [7, 11) is 0. The van der Waals surface area contributed by atoms with E-state index >= 15 is 0 Å². The van der Waals surface area contributed by atoms with E-state index in [0.717, 1.165) is 24.2 Å². The van der Waals surface area contributed by atoms with Gasteiger partial charge in [-0.2, -0.15) is 0 Å². The highest BCUT2D eigenvalue weighted by atomic mass is 16.2. The minimum atomic E-state index is -0.136. The number of nitrogens with zero attached hydrogens (tertiary/aromatic N) is 1. The molecule has 1 aliphatic carbocycles. The van der Waals surface area contributed by atoms with Crippen molar-refractivity contribution in [3.8, 4) is 0 Å². The van der Waals surface area contributed by atoms with Gasteiger partial charge < -0.3 is 10.6 Å². The Labute approximate surface area is 141 Å². The van der Waals surface area contributed by atoms with Gasteiger partial charge in [0.15, 0.2) is 5.78 Å². The van der Waals surface area contributed by atoms with Gasteiger partial charge in [0.25, 0.3) is 5.91 Å². The molecule has 0 radical (unpaired) electrons. The van der Waals surface area contributed by atoms with E-state index in [0.29, 0.717) is 11.3 Å². The summed E-state index contributed by atoms with van der Waals surface area (Å²) in [5.74, 6) is -0.118. The third-order valence-electron chi connectivity index (χ3n) is 4.24. The van der Waals surface area contributed by atoms with Crippen LogP contribution < -0.4 is 10.6 Å². The number of rotatable bonds is 5. The summed E-state index contributed by atoms with van der Waals surface area (Å²) in [6.45, 7) is 1.54. The average molecular weight is 323 g/mol. The van der Waals surface area contributed by atoms with Crippen LogP contribution >= 0.6 is 0 Å². The van der Waals surface area contributed by atoms with E-state index in [-0.39, 0.29) is 17.7 Å². The van der Waals surface area contributed by atoms with Gasteiger partial charge in [-0.1, -0.05) is 25.0 Å².